The van der Waals surface area contributed by atoms with Crippen molar-refractivity contribution in [2.24, 2.45) is 0 Å². The van der Waals surface area contributed by atoms with Crippen molar-refractivity contribution >= 4 is 72.1 Å². The zero-order valence-electron chi connectivity index (χ0n) is 22.4. The number of rotatable bonds is 2. The van der Waals surface area contributed by atoms with E-state index < -0.39 is 80.8 Å². The highest BCUT2D eigenvalue weighted by atomic mass is 32.5. The molecule has 10 atom stereocenters. The molecule has 4 aromatic rings. The number of nitrogens with one attached hydrogen (secondary N) is 1. The number of aromatic amines is 1. The summed E-state index contributed by atoms with van der Waals surface area (Å²) < 4.78 is 74.7. The molecule has 0 radical (unpaired) electrons. The molecule has 7 N–H and O–H groups in total. The summed E-state index contributed by atoms with van der Waals surface area (Å²) >= 11 is 6.04. The summed E-state index contributed by atoms with van der Waals surface area (Å²) in [6.45, 7) is -5.75. The van der Waals surface area contributed by atoms with Gasteiger partial charge in [0.2, 0.25) is 5.95 Å². The zero-order chi connectivity index (χ0) is 31.8. The van der Waals surface area contributed by atoms with Crippen molar-refractivity contribution in [3.05, 3.63) is 35.3 Å². The summed E-state index contributed by atoms with van der Waals surface area (Å²) in [4.78, 5) is 52.6. The van der Waals surface area contributed by atoms with Gasteiger partial charge in [0.05, 0.1) is 36.8 Å². The maximum Gasteiger partial charge on any atom is 0.472 e. The van der Waals surface area contributed by atoms with E-state index in [-0.39, 0.29) is 34.0 Å². The summed E-state index contributed by atoms with van der Waals surface area (Å²) in [7, 11) is -5.07. The van der Waals surface area contributed by atoms with Crippen LogP contribution < -0.4 is 17.0 Å². The van der Waals surface area contributed by atoms with E-state index >= 15 is 8.78 Å². The number of hydrogen-bond donors (Lipinski definition) is 5. The molecule has 3 aliphatic heterocycles. The molecule has 0 spiro atoms. The Balaban J connectivity index is 1.21. The van der Waals surface area contributed by atoms with Gasteiger partial charge in [0, 0.05) is 6.20 Å². The number of nitrogens with zero attached hydrogens (tertiary/aromatic N) is 6. The second-order valence-corrected chi connectivity index (χ2v) is 15.7. The summed E-state index contributed by atoms with van der Waals surface area (Å²) in [5, 5.41) is -2.30. The lowest BCUT2D eigenvalue weighted by atomic mass is 10.1. The fourth-order valence-corrected chi connectivity index (χ4v) is 9.34. The number of H-pyrrole nitrogens is 1. The van der Waals surface area contributed by atoms with Crippen LogP contribution >= 0.6 is 26.3 Å². The SMILES string of the molecule is Nc1nc2c(ncn2[C@@H]2S[C@@H]3COP(=O)(O)O[C@H]4[C@H](F)[C@H](n5cnc6c(N)ccnc65)O[C@@H]4COP(O)(=S)O[C@@H]2[C@H]3F)c(=O)[nH]1. The van der Waals surface area contributed by atoms with Gasteiger partial charge in [-0.05, 0) is 17.9 Å². The molecule has 242 valence electrons. The molecule has 0 aliphatic carbocycles. The molecule has 7 rings (SSSR count). The van der Waals surface area contributed by atoms with Crippen LogP contribution in [0.3, 0.4) is 0 Å². The van der Waals surface area contributed by atoms with Crippen LogP contribution in [-0.4, -0.2) is 93.0 Å². The Morgan fingerprint density at radius 3 is 2.58 bits per heavy atom. The van der Waals surface area contributed by atoms with E-state index in [4.69, 9.17) is 46.1 Å². The van der Waals surface area contributed by atoms with Crippen LogP contribution in [0.1, 0.15) is 11.6 Å². The highest BCUT2D eigenvalue weighted by molar-refractivity contribution is 8.07. The molecular weight excluding hydrogens is 686 g/mol. The molecule has 4 aromatic heterocycles. The maximum absolute atomic E-state index is 15.9. The van der Waals surface area contributed by atoms with Crippen molar-refractivity contribution in [3.8, 4) is 0 Å². The predicted molar refractivity (Wildman–Crippen MR) is 157 cm³/mol. The molecular formula is C21H23F2N9O9P2S2. The van der Waals surface area contributed by atoms with E-state index in [1.54, 1.807) is 0 Å². The molecule has 2 unspecified atom stereocenters. The first kappa shape index (κ1) is 31.0. The lowest BCUT2D eigenvalue weighted by Crippen LogP contribution is -2.34. The normalized spacial score (nSPS) is 37.7. The molecule has 0 aromatic carbocycles. The fraction of sp³-hybridized carbons (Fsp3) is 0.476. The molecule has 3 saturated heterocycles. The van der Waals surface area contributed by atoms with Gasteiger partial charge in [-0.1, -0.05) is 0 Å². The van der Waals surface area contributed by atoms with Crippen LogP contribution in [0.2, 0.25) is 0 Å². The summed E-state index contributed by atoms with van der Waals surface area (Å²) in [6.07, 6.45) is -6.57. The topological polar surface area (TPSA) is 250 Å². The number of alkyl halides is 2. The van der Waals surface area contributed by atoms with Crippen LogP contribution in [0.4, 0.5) is 20.4 Å². The highest BCUT2D eigenvalue weighted by Crippen LogP contribution is 2.57. The average molecular weight is 710 g/mol. The number of fused-ring (bicyclic) bond motifs is 5. The van der Waals surface area contributed by atoms with Crippen LogP contribution in [-0.2, 0) is 39.2 Å². The molecule has 24 heteroatoms. The second-order valence-electron chi connectivity index (χ2n) is 10.2. The molecule has 18 nitrogen and oxygen atoms in total. The third-order valence-electron chi connectivity index (χ3n) is 7.34. The van der Waals surface area contributed by atoms with Gasteiger partial charge in [0.25, 0.3) is 5.56 Å². The number of phosphoric ester groups is 1. The van der Waals surface area contributed by atoms with Crippen LogP contribution in [0.25, 0.3) is 22.3 Å². The van der Waals surface area contributed by atoms with Crippen LogP contribution in [0, 0.1) is 0 Å². The first-order valence-corrected chi connectivity index (χ1v) is 18.0. The van der Waals surface area contributed by atoms with Gasteiger partial charge in [-0.2, -0.15) is 4.98 Å². The Hall–Kier alpha value is -2.62. The van der Waals surface area contributed by atoms with E-state index in [1.165, 1.54) is 34.1 Å². The largest absolute Gasteiger partial charge is 0.472 e. The number of phosphoric acid groups is 1. The Bertz CT molecular complexity index is 1950. The van der Waals surface area contributed by atoms with Crippen molar-refractivity contribution in [2.75, 3.05) is 24.7 Å². The lowest BCUT2D eigenvalue weighted by Gasteiger charge is -2.27. The number of nitrogen functional groups attached to an aromatic ring is 2. The third-order valence-corrected chi connectivity index (χ3v) is 11.4. The average Bonchev–Trinajstić information content (AvgIpc) is 3.72. The maximum atomic E-state index is 15.9. The van der Waals surface area contributed by atoms with Crippen molar-refractivity contribution in [3.63, 3.8) is 0 Å². The van der Waals surface area contributed by atoms with Gasteiger partial charge in [0.1, 0.15) is 35.4 Å². The van der Waals surface area contributed by atoms with Gasteiger partial charge in [-0.3, -0.25) is 32.5 Å². The van der Waals surface area contributed by atoms with E-state index in [2.05, 4.69) is 24.9 Å². The molecule has 7 heterocycles. The van der Waals surface area contributed by atoms with Gasteiger partial charge in [0.15, 0.2) is 29.2 Å². The van der Waals surface area contributed by atoms with E-state index in [9.17, 15) is 19.1 Å². The van der Waals surface area contributed by atoms with Crippen molar-refractivity contribution in [1.29, 1.82) is 0 Å². The molecule has 0 saturated carbocycles. The lowest BCUT2D eigenvalue weighted by molar-refractivity contribution is -0.0452. The minimum absolute atomic E-state index is 0.0222. The zero-order valence-corrected chi connectivity index (χ0v) is 25.8. The first-order chi connectivity index (χ1) is 21.3. The molecule has 45 heavy (non-hydrogen) atoms. The van der Waals surface area contributed by atoms with E-state index in [1.807, 2.05) is 0 Å². The number of imidazole rings is 2. The Morgan fingerprint density at radius 2 is 1.78 bits per heavy atom. The first-order valence-electron chi connectivity index (χ1n) is 13.0. The Morgan fingerprint density at radius 1 is 1.02 bits per heavy atom. The van der Waals surface area contributed by atoms with Gasteiger partial charge in [-0.15, -0.1) is 11.8 Å². The number of pyridine rings is 1. The smallest absolute Gasteiger partial charge is 0.397 e. The number of aromatic nitrogens is 7. The molecule has 3 aliphatic rings. The third kappa shape index (κ3) is 5.57. The summed E-state index contributed by atoms with van der Waals surface area (Å²) in [6, 6.07) is 1.50. The Kier molecular flexibility index (Phi) is 7.76. The van der Waals surface area contributed by atoms with E-state index in [0.717, 1.165) is 11.8 Å². The number of nitrogens with two attached hydrogens (primary N) is 2. The number of ether oxygens (including phenoxy) is 1. The number of thioether (sulfide) groups is 1. The highest BCUT2D eigenvalue weighted by Gasteiger charge is 2.54. The van der Waals surface area contributed by atoms with Gasteiger partial charge < -0.3 is 30.5 Å². The molecule has 0 amide bonds. The Labute approximate surface area is 259 Å². The van der Waals surface area contributed by atoms with Crippen molar-refractivity contribution < 1.29 is 46.0 Å². The quantitative estimate of drug-likeness (QED) is 0.182. The molecule has 2 bridgehead atoms. The summed E-state index contributed by atoms with van der Waals surface area (Å²) in [5.41, 5.74) is 11.5. The van der Waals surface area contributed by atoms with Crippen molar-refractivity contribution in [1.82, 2.24) is 34.1 Å². The minimum Gasteiger partial charge on any atom is -0.397 e. The standard InChI is InChI=1S/C21H23F2N9O9P2S2/c22-10-9-4-37-42(34,35)40-14-8(39-19(11(14)23)31-5-27-12-7(24)1-2-26-16(12)31)3-38-43(36,44)41-15(10)20(45-9)32-6-28-13-17(32)29-21(25)30-18(13)33/h1-2,5-6,8-11,14-15,19-20H,3-4H2,(H2,24,26)(H,34,35)(H,36,44)(H3,25,29,30,33)/t8-,9-,10+,11+,14-,15-,19-,20-,43?/m1/s1. The fourth-order valence-electron chi connectivity index (χ4n) is 5.32. The van der Waals surface area contributed by atoms with Crippen LogP contribution in [0.15, 0.2) is 29.7 Å². The van der Waals surface area contributed by atoms with Gasteiger partial charge >= 0.3 is 14.5 Å². The summed E-state index contributed by atoms with van der Waals surface area (Å²) in [5.74, 6) is -0.235. The monoisotopic (exact) mass is 709 g/mol. The minimum atomic E-state index is -5.07. The van der Waals surface area contributed by atoms with Gasteiger partial charge in [-0.25, -0.2) is 28.3 Å². The number of hydrogen-bond acceptors (Lipinski definition) is 15. The van der Waals surface area contributed by atoms with Crippen LogP contribution in [0.5, 0.6) is 0 Å². The predicted octanol–water partition coefficient (Wildman–Crippen LogP) is 1.05. The van der Waals surface area contributed by atoms with Crippen molar-refractivity contribution in [2.45, 2.75) is 47.5 Å². The molecule has 3 fully saturated rings. The van der Waals surface area contributed by atoms with E-state index in [0.29, 0.717) is 0 Å². The number of anilines is 2. The second kappa shape index (κ2) is 11.3. The number of halogens is 2.